The molecule has 2 aliphatic heterocycles. The van der Waals surface area contributed by atoms with Crippen LogP contribution >= 0.6 is 11.6 Å². The van der Waals surface area contributed by atoms with Gasteiger partial charge in [0.15, 0.2) is 0 Å². The van der Waals surface area contributed by atoms with E-state index in [-0.39, 0.29) is 11.4 Å². The third-order valence-electron chi connectivity index (χ3n) is 8.80. The molecule has 0 aromatic heterocycles. The third kappa shape index (κ3) is 6.42. The number of likely N-dealkylation sites (tertiary alicyclic amines) is 1. The zero-order valence-electron chi connectivity index (χ0n) is 24.3. The summed E-state index contributed by atoms with van der Waals surface area (Å²) >= 11 is 6.58. The lowest BCUT2D eigenvalue weighted by Crippen LogP contribution is -2.44. The maximum Gasteiger partial charge on any atom is 0.307 e. The largest absolute Gasteiger partial charge is 0.492 e. The van der Waals surface area contributed by atoms with Crippen molar-refractivity contribution >= 4 is 17.6 Å². The van der Waals surface area contributed by atoms with Crippen molar-refractivity contribution in [2.24, 2.45) is 0 Å². The number of rotatable bonds is 8. The summed E-state index contributed by atoms with van der Waals surface area (Å²) in [5.41, 5.74) is 4.63. The fraction of sp³-hybridized carbons (Fsp3) is 0.457. The van der Waals surface area contributed by atoms with E-state index >= 15 is 0 Å². The number of nitrogens with zero attached hydrogens (tertiary/aromatic N) is 1. The fourth-order valence-corrected chi connectivity index (χ4v) is 6.61. The van der Waals surface area contributed by atoms with Crippen LogP contribution in [-0.2, 0) is 21.6 Å². The molecule has 216 valence electrons. The molecular weight excluding hydrogens is 534 g/mol. The van der Waals surface area contributed by atoms with Crippen molar-refractivity contribution in [2.75, 3.05) is 26.2 Å². The first-order chi connectivity index (χ1) is 19.7. The summed E-state index contributed by atoms with van der Waals surface area (Å²) in [5, 5.41) is 0.737. The highest BCUT2D eigenvalue weighted by atomic mass is 35.5. The average Bonchev–Trinajstić information content (AvgIpc) is 3.69. The molecule has 3 aromatic carbocycles. The van der Waals surface area contributed by atoms with E-state index in [1.165, 1.54) is 23.1 Å². The minimum Gasteiger partial charge on any atom is -0.492 e. The molecule has 2 unspecified atom stereocenters. The Morgan fingerprint density at radius 3 is 2.51 bits per heavy atom. The molecule has 2 heterocycles. The number of hydrogen-bond acceptors (Lipinski definition) is 5. The van der Waals surface area contributed by atoms with Crippen molar-refractivity contribution in [2.45, 2.75) is 75.9 Å². The molecule has 41 heavy (non-hydrogen) atoms. The van der Waals surface area contributed by atoms with Gasteiger partial charge in [0.1, 0.15) is 23.7 Å². The molecule has 0 radical (unpaired) electrons. The average molecular weight is 574 g/mol. The number of carbonyl (C=O) groups is 1. The number of halogens is 1. The van der Waals surface area contributed by atoms with Gasteiger partial charge in [-0.15, -0.1) is 0 Å². The molecule has 1 saturated carbocycles. The Hall–Kier alpha value is -3.02. The van der Waals surface area contributed by atoms with Crippen LogP contribution < -0.4 is 9.47 Å². The van der Waals surface area contributed by atoms with Gasteiger partial charge in [0, 0.05) is 34.2 Å². The second kappa shape index (κ2) is 11.3. The van der Waals surface area contributed by atoms with Crippen LogP contribution in [0.15, 0.2) is 66.7 Å². The number of piperidine rings is 1. The predicted molar refractivity (Wildman–Crippen MR) is 162 cm³/mol. The maximum absolute atomic E-state index is 12.1. The molecule has 1 spiro atoms. The lowest BCUT2D eigenvalue weighted by atomic mass is 9.74. The Kier molecular flexibility index (Phi) is 7.78. The normalized spacial score (nSPS) is 21.3. The Bertz CT molecular complexity index is 1390. The summed E-state index contributed by atoms with van der Waals surface area (Å²) in [7, 11) is 0. The van der Waals surface area contributed by atoms with E-state index < -0.39 is 5.60 Å². The lowest BCUT2D eigenvalue weighted by Gasteiger charge is -2.38. The van der Waals surface area contributed by atoms with Crippen LogP contribution in [0.3, 0.4) is 0 Å². The summed E-state index contributed by atoms with van der Waals surface area (Å²) in [6.07, 6.45) is 3.64. The van der Waals surface area contributed by atoms with E-state index in [9.17, 15) is 4.79 Å². The van der Waals surface area contributed by atoms with Crippen LogP contribution in [0, 0.1) is 0 Å². The van der Waals surface area contributed by atoms with Gasteiger partial charge in [-0.1, -0.05) is 60.1 Å². The van der Waals surface area contributed by atoms with Gasteiger partial charge in [-0.3, -0.25) is 4.79 Å². The number of esters is 1. The highest BCUT2D eigenvalue weighted by Crippen LogP contribution is 2.55. The van der Waals surface area contributed by atoms with E-state index in [0.717, 1.165) is 54.6 Å². The number of benzene rings is 3. The van der Waals surface area contributed by atoms with Gasteiger partial charge in [0.2, 0.25) is 0 Å². The number of ether oxygens (including phenoxy) is 3. The highest BCUT2D eigenvalue weighted by Gasteiger charge is 2.43. The molecule has 3 aliphatic rings. The molecule has 6 heteroatoms. The topological polar surface area (TPSA) is 48.0 Å². The second-order valence-corrected chi connectivity index (χ2v) is 13.3. The first kappa shape index (κ1) is 28.1. The number of carbonyl (C=O) groups excluding carboxylic acids is 1. The Labute approximate surface area is 248 Å². The maximum atomic E-state index is 12.1. The van der Waals surface area contributed by atoms with Crippen LogP contribution in [0.1, 0.15) is 80.5 Å². The third-order valence-corrected chi connectivity index (χ3v) is 9.17. The molecule has 0 bridgehead atoms. The van der Waals surface area contributed by atoms with Crippen molar-refractivity contribution < 1.29 is 19.0 Å². The zero-order chi connectivity index (χ0) is 28.6. The summed E-state index contributed by atoms with van der Waals surface area (Å²) in [6, 6.07) is 23.4. The minimum absolute atomic E-state index is 0.0352. The standard InChI is InChI=1S/C35H40ClNO4/c1-34(2,3)41-33(38)13-16-37-17-14-35(15-18-37)23-40-32-20-27(10-11-30(32)35)39-22-26-19-25(9-12-31(26)36)29-21-28(29)24-7-5-4-6-8-24/h4-12,19-20,28-29H,13-18,21-23H2,1-3H3. The molecule has 3 aromatic rings. The monoisotopic (exact) mass is 573 g/mol. The van der Waals surface area contributed by atoms with Gasteiger partial charge < -0.3 is 19.1 Å². The van der Waals surface area contributed by atoms with Crippen molar-refractivity contribution in [3.63, 3.8) is 0 Å². The number of hydrogen-bond donors (Lipinski definition) is 0. The molecule has 2 atom stereocenters. The van der Waals surface area contributed by atoms with E-state index in [0.29, 0.717) is 31.5 Å². The SMILES string of the molecule is CC(C)(C)OC(=O)CCN1CCC2(CC1)COc1cc(OCc3cc(C4CC4c4ccccc4)ccc3Cl)ccc12. The van der Waals surface area contributed by atoms with Gasteiger partial charge in [-0.25, -0.2) is 0 Å². The van der Waals surface area contributed by atoms with Crippen LogP contribution in [0.25, 0.3) is 0 Å². The van der Waals surface area contributed by atoms with Crippen molar-refractivity contribution in [1.29, 1.82) is 0 Å². The van der Waals surface area contributed by atoms with Crippen LogP contribution in [-0.4, -0.2) is 42.7 Å². The molecule has 1 aliphatic carbocycles. The Balaban J connectivity index is 1.04. The second-order valence-electron chi connectivity index (χ2n) is 12.9. The van der Waals surface area contributed by atoms with Gasteiger partial charge in [-0.2, -0.15) is 0 Å². The lowest BCUT2D eigenvalue weighted by molar-refractivity contribution is -0.155. The molecule has 0 N–H and O–H groups in total. The van der Waals surface area contributed by atoms with E-state index in [1.54, 1.807) is 0 Å². The smallest absolute Gasteiger partial charge is 0.307 e. The minimum atomic E-state index is -0.435. The first-order valence-electron chi connectivity index (χ1n) is 14.9. The van der Waals surface area contributed by atoms with E-state index in [2.05, 4.69) is 59.5 Å². The molecule has 0 amide bonds. The van der Waals surface area contributed by atoms with E-state index in [1.807, 2.05) is 32.9 Å². The van der Waals surface area contributed by atoms with Crippen LogP contribution in [0.4, 0.5) is 0 Å². The molecule has 5 nitrogen and oxygen atoms in total. The van der Waals surface area contributed by atoms with Gasteiger partial charge >= 0.3 is 5.97 Å². The predicted octanol–water partition coefficient (Wildman–Crippen LogP) is 7.65. The Morgan fingerprint density at radius 1 is 1.00 bits per heavy atom. The summed E-state index contributed by atoms with van der Waals surface area (Å²) in [4.78, 5) is 14.5. The van der Waals surface area contributed by atoms with Crippen molar-refractivity contribution in [1.82, 2.24) is 4.90 Å². The Morgan fingerprint density at radius 2 is 1.76 bits per heavy atom. The summed E-state index contributed by atoms with van der Waals surface area (Å²) < 4.78 is 17.9. The number of fused-ring (bicyclic) bond motifs is 2. The van der Waals surface area contributed by atoms with Gasteiger partial charge in [0.25, 0.3) is 0 Å². The molecule has 2 fully saturated rings. The fourth-order valence-electron chi connectivity index (χ4n) is 6.43. The van der Waals surface area contributed by atoms with Crippen LogP contribution in [0.2, 0.25) is 5.02 Å². The zero-order valence-corrected chi connectivity index (χ0v) is 25.1. The summed E-state index contributed by atoms with van der Waals surface area (Å²) in [5.74, 6) is 2.72. The first-order valence-corrected chi connectivity index (χ1v) is 15.2. The van der Waals surface area contributed by atoms with Crippen molar-refractivity contribution in [3.05, 3.63) is 94.0 Å². The molecular formula is C35H40ClNO4. The van der Waals surface area contributed by atoms with Crippen molar-refractivity contribution in [3.8, 4) is 11.5 Å². The van der Waals surface area contributed by atoms with Crippen LogP contribution in [0.5, 0.6) is 11.5 Å². The molecule has 1 saturated heterocycles. The van der Waals surface area contributed by atoms with Gasteiger partial charge in [0.05, 0.1) is 13.0 Å². The summed E-state index contributed by atoms with van der Waals surface area (Å²) in [6.45, 7) is 9.49. The quantitative estimate of drug-likeness (QED) is 0.259. The highest BCUT2D eigenvalue weighted by molar-refractivity contribution is 6.31. The molecule has 6 rings (SSSR count). The van der Waals surface area contributed by atoms with Gasteiger partial charge in [-0.05, 0) is 88.2 Å². The van der Waals surface area contributed by atoms with E-state index in [4.69, 9.17) is 25.8 Å².